The van der Waals surface area contributed by atoms with Gasteiger partial charge in [0.1, 0.15) is 0 Å². The topological polar surface area (TPSA) is 59.0 Å². The molecule has 1 aliphatic rings. The molecule has 28 heavy (non-hydrogen) atoms. The minimum Gasteiger partial charge on any atom is -0.455 e. The number of nitrogens with zero attached hydrogens (tertiary/aromatic N) is 2. The summed E-state index contributed by atoms with van der Waals surface area (Å²) >= 11 is 0. The summed E-state index contributed by atoms with van der Waals surface area (Å²) in [6, 6.07) is 23.6. The number of hydrogen-bond acceptors (Lipinski definition) is 4. The van der Waals surface area contributed by atoms with Crippen LogP contribution in [0.25, 0.3) is 10.8 Å². The summed E-state index contributed by atoms with van der Waals surface area (Å²) in [4.78, 5) is 24.4. The van der Waals surface area contributed by atoms with Crippen molar-refractivity contribution in [3.05, 3.63) is 83.9 Å². The van der Waals surface area contributed by atoms with E-state index in [1.165, 1.54) is 5.01 Å². The summed E-state index contributed by atoms with van der Waals surface area (Å²) in [6.07, 6.45) is 0.831. The smallest absolute Gasteiger partial charge is 0.310 e. The van der Waals surface area contributed by atoms with Crippen molar-refractivity contribution in [2.24, 2.45) is 5.10 Å². The van der Waals surface area contributed by atoms with Gasteiger partial charge in [-0.25, -0.2) is 5.01 Å². The fraction of sp³-hybridized carbons (Fsp3) is 0.174. The molecule has 5 heteroatoms. The van der Waals surface area contributed by atoms with Crippen LogP contribution in [0.3, 0.4) is 0 Å². The number of benzene rings is 3. The average Bonchev–Trinajstić information content (AvgIpc) is 3.23. The van der Waals surface area contributed by atoms with Gasteiger partial charge >= 0.3 is 5.97 Å². The lowest BCUT2D eigenvalue weighted by Gasteiger charge is -2.11. The van der Waals surface area contributed by atoms with Gasteiger partial charge in [-0.1, -0.05) is 72.8 Å². The monoisotopic (exact) mass is 372 g/mol. The molecule has 0 radical (unpaired) electrons. The highest BCUT2D eigenvalue weighted by Crippen LogP contribution is 2.17. The van der Waals surface area contributed by atoms with Crippen LogP contribution in [0.2, 0.25) is 0 Å². The second-order valence-electron chi connectivity index (χ2n) is 6.70. The van der Waals surface area contributed by atoms with E-state index in [1.54, 1.807) is 0 Å². The first-order valence-electron chi connectivity index (χ1n) is 9.25. The lowest BCUT2D eigenvalue weighted by molar-refractivity contribution is -0.151. The molecule has 0 aromatic heterocycles. The third-order valence-corrected chi connectivity index (χ3v) is 4.72. The van der Waals surface area contributed by atoms with E-state index < -0.39 is 5.97 Å². The van der Waals surface area contributed by atoms with Crippen molar-refractivity contribution in [3.8, 4) is 0 Å². The predicted molar refractivity (Wildman–Crippen MR) is 108 cm³/mol. The van der Waals surface area contributed by atoms with Crippen molar-refractivity contribution in [1.29, 1.82) is 0 Å². The van der Waals surface area contributed by atoms with E-state index in [9.17, 15) is 9.59 Å². The van der Waals surface area contributed by atoms with Crippen LogP contribution in [0.5, 0.6) is 0 Å². The van der Waals surface area contributed by atoms with Crippen LogP contribution in [0.4, 0.5) is 0 Å². The number of hydrogen-bond donors (Lipinski definition) is 0. The fourth-order valence-electron chi connectivity index (χ4n) is 3.25. The van der Waals surface area contributed by atoms with E-state index >= 15 is 0 Å². The van der Waals surface area contributed by atoms with Gasteiger partial charge in [-0.15, -0.1) is 0 Å². The minimum atomic E-state index is -0.421. The maximum Gasteiger partial charge on any atom is 0.310 e. The molecule has 0 fully saturated rings. The maximum absolute atomic E-state index is 12.3. The Morgan fingerprint density at radius 3 is 2.50 bits per heavy atom. The van der Waals surface area contributed by atoms with E-state index in [0.717, 1.165) is 27.6 Å². The van der Waals surface area contributed by atoms with Crippen molar-refractivity contribution in [2.45, 2.75) is 12.8 Å². The number of rotatable bonds is 5. The Balaban J connectivity index is 1.32. The largest absolute Gasteiger partial charge is 0.455 e. The minimum absolute atomic E-state index is 0.136. The number of hydrazone groups is 1. The molecule has 0 unspecified atom stereocenters. The first-order valence-corrected chi connectivity index (χ1v) is 9.25. The van der Waals surface area contributed by atoms with Gasteiger partial charge in [-0.3, -0.25) is 9.59 Å². The first-order chi connectivity index (χ1) is 13.7. The molecule has 4 rings (SSSR count). The zero-order valence-corrected chi connectivity index (χ0v) is 15.4. The molecule has 1 aliphatic heterocycles. The number of carbonyl (C=O) groups is 2. The fourth-order valence-corrected chi connectivity index (χ4v) is 3.25. The van der Waals surface area contributed by atoms with Gasteiger partial charge in [0, 0.05) is 6.42 Å². The molecule has 0 aliphatic carbocycles. The van der Waals surface area contributed by atoms with Gasteiger partial charge in [0.05, 0.1) is 18.7 Å². The predicted octanol–water partition coefficient (Wildman–Crippen LogP) is 3.56. The summed E-state index contributed by atoms with van der Waals surface area (Å²) < 4.78 is 5.17. The summed E-state index contributed by atoms with van der Waals surface area (Å²) in [6.45, 7) is 0.212. The van der Waals surface area contributed by atoms with Crippen molar-refractivity contribution in [1.82, 2.24) is 5.01 Å². The second kappa shape index (κ2) is 8.05. The SMILES string of the molecule is O=C(Cc1ccc2ccccc2c1)OCC(=O)N1CCC(c2ccccc2)=N1. The van der Waals surface area contributed by atoms with Gasteiger partial charge in [0.15, 0.2) is 6.61 Å². The quantitative estimate of drug-likeness (QED) is 0.644. The molecular formula is C23H20N2O3. The Morgan fingerprint density at radius 1 is 0.929 bits per heavy atom. The summed E-state index contributed by atoms with van der Waals surface area (Å²) in [5.74, 6) is -0.729. The Labute approximate surface area is 163 Å². The Bertz CT molecular complexity index is 1040. The lowest BCUT2D eigenvalue weighted by atomic mass is 10.1. The van der Waals surface area contributed by atoms with Gasteiger partial charge in [-0.05, 0) is 21.9 Å². The van der Waals surface area contributed by atoms with Crippen LogP contribution in [-0.4, -0.2) is 35.7 Å². The van der Waals surface area contributed by atoms with E-state index in [1.807, 2.05) is 72.8 Å². The van der Waals surface area contributed by atoms with E-state index in [4.69, 9.17) is 4.74 Å². The van der Waals surface area contributed by atoms with Crippen molar-refractivity contribution in [3.63, 3.8) is 0 Å². The normalized spacial score (nSPS) is 13.4. The molecule has 3 aromatic rings. The highest BCUT2D eigenvalue weighted by Gasteiger charge is 2.22. The molecule has 0 atom stereocenters. The van der Waals surface area contributed by atoms with Crippen molar-refractivity contribution in [2.75, 3.05) is 13.2 Å². The number of amides is 1. The van der Waals surface area contributed by atoms with Crippen LogP contribution in [0.15, 0.2) is 77.9 Å². The average molecular weight is 372 g/mol. The third-order valence-electron chi connectivity index (χ3n) is 4.72. The summed E-state index contributed by atoms with van der Waals surface area (Å²) in [5.41, 5.74) is 2.74. The van der Waals surface area contributed by atoms with Crippen molar-refractivity contribution >= 4 is 28.4 Å². The molecule has 3 aromatic carbocycles. The molecule has 5 nitrogen and oxygen atoms in total. The molecule has 1 heterocycles. The molecule has 0 saturated heterocycles. The van der Waals surface area contributed by atoms with E-state index in [2.05, 4.69) is 5.10 Å². The standard InChI is InChI=1S/C23H20N2O3/c26-22(25-13-12-21(24-25)19-7-2-1-3-8-19)16-28-23(27)15-17-10-11-18-6-4-5-9-20(18)14-17/h1-11,14H,12-13,15-16H2. The van der Waals surface area contributed by atoms with Gasteiger partial charge in [0.2, 0.25) is 0 Å². The second-order valence-corrected chi connectivity index (χ2v) is 6.70. The molecule has 0 spiro atoms. The van der Waals surface area contributed by atoms with Crippen LogP contribution >= 0.6 is 0 Å². The Kier molecular flexibility index (Phi) is 5.15. The number of carbonyl (C=O) groups excluding carboxylic acids is 2. The molecule has 140 valence electrons. The van der Waals surface area contributed by atoms with E-state index in [-0.39, 0.29) is 18.9 Å². The van der Waals surface area contributed by atoms with Crippen LogP contribution in [0.1, 0.15) is 17.5 Å². The highest BCUT2D eigenvalue weighted by molar-refractivity contribution is 6.02. The van der Waals surface area contributed by atoms with Crippen LogP contribution in [-0.2, 0) is 20.7 Å². The zero-order chi connectivity index (χ0) is 19.3. The van der Waals surface area contributed by atoms with Crippen LogP contribution < -0.4 is 0 Å². The molecule has 1 amide bonds. The molecule has 0 N–H and O–H groups in total. The summed E-state index contributed by atoms with van der Waals surface area (Å²) in [5, 5.41) is 7.94. The third kappa shape index (κ3) is 4.09. The van der Waals surface area contributed by atoms with Crippen LogP contribution in [0, 0.1) is 0 Å². The number of esters is 1. The van der Waals surface area contributed by atoms with E-state index in [0.29, 0.717) is 13.0 Å². The number of fused-ring (bicyclic) bond motifs is 1. The molecule has 0 saturated carbocycles. The molecular weight excluding hydrogens is 352 g/mol. The van der Waals surface area contributed by atoms with Gasteiger partial charge in [0.25, 0.3) is 5.91 Å². The maximum atomic E-state index is 12.3. The lowest BCUT2D eigenvalue weighted by Crippen LogP contribution is -2.29. The molecule has 0 bridgehead atoms. The summed E-state index contributed by atoms with van der Waals surface area (Å²) in [7, 11) is 0. The highest BCUT2D eigenvalue weighted by atomic mass is 16.5. The number of ether oxygens (including phenoxy) is 1. The van der Waals surface area contributed by atoms with Gasteiger partial charge < -0.3 is 4.74 Å². The Morgan fingerprint density at radius 2 is 1.68 bits per heavy atom. The van der Waals surface area contributed by atoms with Gasteiger partial charge in [-0.2, -0.15) is 5.10 Å². The Hall–Kier alpha value is -3.47. The van der Waals surface area contributed by atoms with Crippen molar-refractivity contribution < 1.29 is 14.3 Å². The first kappa shape index (κ1) is 17.9. The zero-order valence-electron chi connectivity index (χ0n) is 15.4.